The van der Waals surface area contributed by atoms with Gasteiger partial charge in [-0.1, -0.05) is 44.2 Å². The largest absolute Gasteiger partial charge is 0.0877 e. The maximum absolute atomic E-state index is 2.19. The van der Waals surface area contributed by atoms with Gasteiger partial charge in [0.25, 0.3) is 0 Å². The molecule has 0 aliphatic carbocycles. The Hall–Kier alpha value is -0.780. The first kappa shape index (κ1) is 10.2. The molecule has 0 unspecified atom stereocenters. The zero-order valence-electron chi connectivity index (χ0n) is 7.80. The lowest BCUT2D eigenvalue weighted by Crippen LogP contribution is -1.72. The second kappa shape index (κ2) is 7.33. The van der Waals surface area contributed by atoms with E-state index in [1.807, 2.05) is 6.92 Å². The summed E-state index contributed by atoms with van der Waals surface area (Å²) in [5, 5.41) is 0. The second-order valence-corrected chi connectivity index (χ2v) is 2.43. The van der Waals surface area contributed by atoms with E-state index in [0.717, 1.165) is 12.8 Å². The van der Waals surface area contributed by atoms with E-state index < -0.39 is 0 Å². The van der Waals surface area contributed by atoms with Gasteiger partial charge in [0.15, 0.2) is 0 Å². The highest BCUT2D eigenvalue weighted by Crippen LogP contribution is 2.03. The van der Waals surface area contributed by atoms with Crippen LogP contribution >= 0.6 is 0 Å². The van der Waals surface area contributed by atoms with Gasteiger partial charge in [-0.05, 0) is 25.3 Å². The first-order valence-corrected chi connectivity index (χ1v) is 4.33. The van der Waals surface area contributed by atoms with Crippen molar-refractivity contribution in [2.75, 3.05) is 0 Å². The van der Waals surface area contributed by atoms with Crippen LogP contribution in [0, 0.1) is 0 Å². The van der Waals surface area contributed by atoms with Gasteiger partial charge in [0, 0.05) is 0 Å². The fourth-order valence-corrected chi connectivity index (χ4v) is 0.780. The van der Waals surface area contributed by atoms with Crippen molar-refractivity contribution in [1.82, 2.24) is 0 Å². The summed E-state index contributed by atoms with van der Waals surface area (Å²) in [7, 11) is 0. The van der Waals surface area contributed by atoms with Crippen molar-refractivity contribution in [3.63, 3.8) is 0 Å². The topological polar surface area (TPSA) is 0 Å². The second-order valence-electron chi connectivity index (χ2n) is 2.43. The van der Waals surface area contributed by atoms with Gasteiger partial charge in [-0.15, -0.1) is 0 Å². The van der Waals surface area contributed by atoms with Crippen LogP contribution in [0.5, 0.6) is 0 Å². The smallest absolute Gasteiger partial charge is 0.0308 e. The van der Waals surface area contributed by atoms with E-state index in [-0.39, 0.29) is 0 Å². The Kier molecular flexibility index (Phi) is 6.81. The van der Waals surface area contributed by atoms with Crippen LogP contribution in [0.15, 0.2) is 36.0 Å². The van der Waals surface area contributed by atoms with E-state index in [1.165, 1.54) is 5.57 Å². The van der Waals surface area contributed by atoms with Crippen molar-refractivity contribution in [3.05, 3.63) is 36.0 Å². The van der Waals surface area contributed by atoms with E-state index in [2.05, 4.69) is 44.2 Å². The van der Waals surface area contributed by atoms with Gasteiger partial charge >= 0.3 is 0 Å². The maximum atomic E-state index is 2.19. The van der Waals surface area contributed by atoms with Gasteiger partial charge in [0.1, 0.15) is 0 Å². The molecule has 0 amide bonds. The molecule has 0 nitrogen and oxygen atoms in total. The van der Waals surface area contributed by atoms with Gasteiger partial charge in [0.05, 0.1) is 0 Å². The first-order chi connectivity index (χ1) is 5.35. The molecule has 0 aromatic heterocycles. The Morgan fingerprint density at radius 3 is 2.45 bits per heavy atom. The molecule has 0 aromatic carbocycles. The number of hydrogen-bond acceptors (Lipinski definition) is 0. The molecule has 0 saturated carbocycles. The molecule has 0 aromatic rings. The molecule has 0 N–H and O–H groups in total. The molecule has 0 aliphatic heterocycles. The lowest BCUT2D eigenvalue weighted by Gasteiger charge is -1.92. The summed E-state index contributed by atoms with van der Waals surface area (Å²) in [6, 6.07) is 0. The molecule has 11 heavy (non-hydrogen) atoms. The Bertz CT molecular complexity index is 159. The summed E-state index contributed by atoms with van der Waals surface area (Å²) in [4.78, 5) is 0. The van der Waals surface area contributed by atoms with Crippen LogP contribution in [0.1, 0.15) is 33.6 Å². The van der Waals surface area contributed by atoms with Crippen molar-refractivity contribution in [1.29, 1.82) is 0 Å². The van der Waals surface area contributed by atoms with E-state index in [4.69, 9.17) is 0 Å². The zero-order valence-corrected chi connectivity index (χ0v) is 7.80. The number of allylic oxidation sites excluding steroid dienone is 6. The highest BCUT2D eigenvalue weighted by molar-refractivity contribution is 5.22. The summed E-state index contributed by atoms with van der Waals surface area (Å²) in [6.07, 6.45) is 12.9. The van der Waals surface area contributed by atoms with Gasteiger partial charge in [-0.25, -0.2) is 0 Å². The minimum Gasteiger partial charge on any atom is -0.0877 e. The molecule has 0 heterocycles. The van der Waals surface area contributed by atoms with Crippen molar-refractivity contribution in [2.24, 2.45) is 0 Å². The van der Waals surface area contributed by atoms with Crippen LogP contribution in [0.25, 0.3) is 0 Å². The fourth-order valence-electron chi connectivity index (χ4n) is 0.780. The van der Waals surface area contributed by atoms with Gasteiger partial charge in [-0.3, -0.25) is 0 Å². The van der Waals surface area contributed by atoms with Crippen LogP contribution in [0.2, 0.25) is 0 Å². The molecule has 0 aliphatic rings. The minimum atomic E-state index is 1.11. The normalized spacial score (nSPS) is 13.5. The predicted octanol–water partition coefficient (Wildman–Crippen LogP) is 3.87. The fraction of sp³-hybridized carbons (Fsp3) is 0.455. The van der Waals surface area contributed by atoms with E-state index in [0.29, 0.717) is 0 Å². The summed E-state index contributed by atoms with van der Waals surface area (Å²) in [6.45, 7) is 6.36. The average Bonchev–Trinajstić information content (AvgIpc) is 2.05. The van der Waals surface area contributed by atoms with Crippen LogP contribution in [-0.2, 0) is 0 Å². The van der Waals surface area contributed by atoms with Crippen LogP contribution in [0.4, 0.5) is 0 Å². The predicted molar refractivity (Wildman–Crippen MR) is 52.6 cm³/mol. The minimum absolute atomic E-state index is 1.11. The monoisotopic (exact) mass is 150 g/mol. The Morgan fingerprint density at radius 2 is 2.00 bits per heavy atom. The third kappa shape index (κ3) is 5.65. The van der Waals surface area contributed by atoms with Gasteiger partial charge < -0.3 is 0 Å². The molecule has 0 spiro atoms. The van der Waals surface area contributed by atoms with Crippen LogP contribution in [-0.4, -0.2) is 0 Å². The van der Waals surface area contributed by atoms with Crippen molar-refractivity contribution < 1.29 is 0 Å². The lowest BCUT2D eigenvalue weighted by atomic mass is 10.1. The van der Waals surface area contributed by atoms with Crippen molar-refractivity contribution in [2.45, 2.75) is 33.6 Å². The Morgan fingerprint density at radius 1 is 1.27 bits per heavy atom. The SMILES string of the molecule is C\C=C/C=C(/C=C\CC)CC. The summed E-state index contributed by atoms with van der Waals surface area (Å²) in [5.74, 6) is 0. The van der Waals surface area contributed by atoms with E-state index in [1.54, 1.807) is 0 Å². The van der Waals surface area contributed by atoms with Crippen LogP contribution in [0.3, 0.4) is 0 Å². The third-order valence-corrected chi connectivity index (χ3v) is 1.48. The Balaban J connectivity index is 4.04. The lowest BCUT2D eigenvalue weighted by molar-refractivity contribution is 1.13. The summed E-state index contributed by atoms with van der Waals surface area (Å²) in [5.41, 5.74) is 1.39. The molecule has 62 valence electrons. The van der Waals surface area contributed by atoms with Crippen molar-refractivity contribution in [3.8, 4) is 0 Å². The average molecular weight is 150 g/mol. The molecule has 0 bridgehead atoms. The molecular formula is C11H18. The zero-order chi connectivity index (χ0) is 8.53. The molecule has 0 saturated heterocycles. The quantitative estimate of drug-likeness (QED) is 0.534. The number of rotatable bonds is 4. The first-order valence-electron chi connectivity index (χ1n) is 4.33. The summed E-state index contributed by atoms with van der Waals surface area (Å²) < 4.78 is 0. The highest BCUT2D eigenvalue weighted by Gasteiger charge is 1.82. The van der Waals surface area contributed by atoms with Gasteiger partial charge in [0.2, 0.25) is 0 Å². The van der Waals surface area contributed by atoms with Gasteiger partial charge in [-0.2, -0.15) is 0 Å². The maximum Gasteiger partial charge on any atom is -0.0308 e. The molecule has 0 atom stereocenters. The molecule has 0 heteroatoms. The molecular weight excluding hydrogens is 132 g/mol. The van der Waals surface area contributed by atoms with E-state index in [9.17, 15) is 0 Å². The molecule has 0 rings (SSSR count). The van der Waals surface area contributed by atoms with E-state index >= 15 is 0 Å². The number of hydrogen-bond donors (Lipinski definition) is 0. The Labute approximate surface area is 70.3 Å². The standard InChI is InChI=1S/C11H18/c1-4-7-9-11(6-3)10-8-5-2/h4,7-10H,5-6H2,1-3H3/b7-4-,10-8-,11-9+. The molecule has 0 fully saturated rings. The highest BCUT2D eigenvalue weighted by atomic mass is 13.9. The summed E-state index contributed by atoms with van der Waals surface area (Å²) >= 11 is 0. The van der Waals surface area contributed by atoms with Crippen LogP contribution < -0.4 is 0 Å². The molecule has 0 radical (unpaired) electrons. The third-order valence-electron chi connectivity index (χ3n) is 1.48. The van der Waals surface area contributed by atoms with Crippen molar-refractivity contribution >= 4 is 0 Å².